The molecule has 0 aliphatic carbocycles. The van der Waals surface area contributed by atoms with Gasteiger partial charge in [-0.05, 0) is 47.9 Å². The lowest BCUT2D eigenvalue weighted by Crippen LogP contribution is -2.02. The summed E-state index contributed by atoms with van der Waals surface area (Å²) < 4.78 is 18.7. The van der Waals surface area contributed by atoms with E-state index >= 15 is 0 Å². The fraction of sp³-hybridized carbons (Fsp3) is 0.111. The lowest BCUT2D eigenvalue weighted by molar-refractivity contribution is 0.416. The zero-order valence-corrected chi connectivity index (χ0v) is 13.4. The molecule has 0 saturated carbocycles. The summed E-state index contributed by atoms with van der Waals surface area (Å²) in [6.07, 6.45) is 1.58. The number of nitrogen functional groups attached to an aromatic ring is 2. The zero-order valence-electron chi connectivity index (χ0n) is 13.4. The monoisotopic (exact) mass is 324 g/mol. The van der Waals surface area contributed by atoms with Gasteiger partial charge in [-0.2, -0.15) is 4.98 Å². The second-order valence-electron chi connectivity index (χ2n) is 5.40. The summed E-state index contributed by atoms with van der Waals surface area (Å²) in [6, 6.07) is 10.2. The van der Waals surface area contributed by atoms with Gasteiger partial charge < -0.3 is 16.2 Å². The minimum atomic E-state index is -0.271. The van der Waals surface area contributed by atoms with Crippen molar-refractivity contribution in [2.24, 2.45) is 0 Å². The maximum absolute atomic E-state index is 13.1. The number of anilines is 2. The van der Waals surface area contributed by atoms with Crippen molar-refractivity contribution >= 4 is 11.8 Å². The van der Waals surface area contributed by atoms with Gasteiger partial charge in [0.05, 0.1) is 7.11 Å². The van der Waals surface area contributed by atoms with Crippen LogP contribution in [0.4, 0.5) is 16.2 Å². The molecule has 0 aliphatic heterocycles. The molecule has 0 saturated heterocycles. The number of nitrogens with two attached hydrogens (primary N) is 2. The van der Waals surface area contributed by atoms with Crippen LogP contribution in [0, 0.1) is 12.7 Å². The lowest BCUT2D eigenvalue weighted by Gasteiger charge is -2.15. The average molecular weight is 324 g/mol. The highest BCUT2D eigenvalue weighted by Crippen LogP contribution is 2.38. The number of methoxy groups -OCH3 is 1. The number of benzene rings is 2. The summed E-state index contributed by atoms with van der Waals surface area (Å²) >= 11 is 0. The van der Waals surface area contributed by atoms with E-state index in [0.717, 1.165) is 22.3 Å². The third-order valence-corrected chi connectivity index (χ3v) is 3.83. The lowest BCUT2D eigenvalue weighted by atomic mass is 9.95. The van der Waals surface area contributed by atoms with Crippen LogP contribution in [-0.2, 0) is 0 Å². The van der Waals surface area contributed by atoms with E-state index < -0.39 is 0 Å². The Hall–Kier alpha value is -3.15. The van der Waals surface area contributed by atoms with Crippen molar-refractivity contribution in [1.82, 2.24) is 9.97 Å². The van der Waals surface area contributed by atoms with Crippen LogP contribution in [0.2, 0.25) is 0 Å². The molecule has 122 valence electrons. The van der Waals surface area contributed by atoms with Crippen molar-refractivity contribution in [3.8, 4) is 28.0 Å². The molecule has 0 fully saturated rings. The van der Waals surface area contributed by atoms with Gasteiger partial charge in [-0.25, -0.2) is 9.37 Å². The first-order chi connectivity index (χ1) is 11.5. The Balaban J connectivity index is 2.16. The fourth-order valence-corrected chi connectivity index (χ4v) is 2.62. The molecule has 0 spiro atoms. The summed E-state index contributed by atoms with van der Waals surface area (Å²) in [4.78, 5) is 7.99. The number of halogens is 1. The Morgan fingerprint density at radius 1 is 1.00 bits per heavy atom. The van der Waals surface area contributed by atoms with Gasteiger partial charge in [0.15, 0.2) is 0 Å². The first-order valence-corrected chi connectivity index (χ1v) is 7.32. The summed E-state index contributed by atoms with van der Waals surface area (Å²) in [7, 11) is 1.58. The predicted octanol–water partition coefficient (Wildman–Crippen LogP) is 3.43. The van der Waals surface area contributed by atoms with Crippen molar-refractivity contribution in [1.29, 1.82) is 0 Å². The maximum Gasteiger partial charge on any atom is 0.221 e. The number of aromatic nitrogens is 2. The first kappa shape index (κ1) is 15.7. The zero-order chi connectivity index (χ0) is 17.3. The molecule has 0 amide bonds. The van der Waals surface area contributed by atoms with E-state index in [1.54, 1.807) is 25.4 Å². The summed E-state index contributed by atoms with van der Waals surface area (Å²) in [5.41, 5.74) is 15.8. The highest BCUT2D eigenvalue weighted by Gasteiger charge is 2.15. The third kappa shape index (κ3) is 2.86. The van der Waals surface area contributed by atoms with Crippen LogP contribution < -0.4 is 16.2 Å². The highest BCUT2D eigenvalue weighted by molar-refractivity contribution is 5.83. The standard InChI is InChI=1S/C18H17FN4O/c1-10-7-14(15-9-22-18(21)23-17(15)20)16(24-2)8-13(10)11-3-5-12(19)6-4-11/h3-9H,1-2H3,(H4,20,21,22,23). The smallest absolute Gasteiger partial charge is 0.221 e. The largest absolute Gasteiger partial charge is 0.496 e. The van der Waals surface area contributed by atoms with Crippen LogP contribution in [0.5, 0.6) is 5.75 Å². The molecule has 3 rings (SSSR count). The normalized spacial score (nSPS) is 10.6. The summed E-state index contributed by atoms with van der Waals surface area (Å²) in [5, 5.41) is 0. The summed E-state index contributed by atoms with van der Waals surface area (Å²) in [6.45, 7) is 1.97. The van der Waals surface area contributed by atoms with Gasteiger partial charge in [-0.15, -0.1) is 0 Å². The number of ether oxygens (including phenoxy) is 1. The van der Waals surface area contributed by atoms with Gasteiger partial charge in [-0.3, -0.25) is 0 Å². The van der Waals surface area contributed by atoms with E-state index in [-0.39, 0.29) is 17.6 Å². The van der Waals surface area contributed by atoms with E-state index in [9.17, 15) is 4.39 Å². The van der Waals surface area contributed by atoms with Crippen LogP contribution >= 0.6 is 0 Å². The molecule has 4 N–H and O–H groups in total. The molecular weight excluding hydrogens is 307 g/mol. The van der Waals surface area contributed by atoms with Crippen LogP contribution in [0.15, 0.2) is 42.6 Å². The first-order valence-electron chi connectivity index (χ1n) is 7.32. The molecule has 24 heavy (non-hydrogen) atoms. The van der Waals surface area contributed by atoms with Crippen molar-refractivity contribution in [2.75, 3.05) is 18.6 Å². The molecule has 0 radical (unpaired) electrons. The van der Waals surface area contributed by atoms with E-state index in [0.29, 0.717) is 11.3 Å². The molecule has 1 heterocycles. The molecule has 1 aromatic heterocycles. The highest BCUT2D eigenvalue weighted by atomic mass is 19.1. The van der Waals surface area contributed by atoms with E-state index in [1.807, 2.05) is 19.1 Å². The molecule has 5 nitrogen and oxygen atoms in total. The third-order valence-electron chi connectivity index (χ3n) is 3.83. The van der Waals surface area contributed by atoms with Gasteiger partial charge in [0.1, 0.15) is 17.4 Å². The van der Waals surface area contributed by atoms with E-state index in [4.69, 9.17) is 16.2 Å². The predicted molar refractivity (Wildman–Crippen MR) is 93.0 cm³/mol. The van der Waals surface area contributed by atoms with E-state index in [2.05, 4.69) is 9.97 Å². The van der Waals surface area contributed by atoms with Crippen molar-refractivity contribution in [3.63, 3.8) is 0 Å². The van der Waals surface area contributed by atoms with Crippen molar-refractivity contribution in [3.05, 3.63) is 54.0 Å². The molecule has 0 unspecified atom stereocenters. The Morgan fingerprint density at radius 3 is 2.33 bits per heavy atom. The second-order valence-corrected chi connectivity index (χ2v) is 5.40. The molecule has 0 aliphatic rings. The second kappa shape index (κ2) is 6.16. The molecular formula is C18H17FN4O. The number of nitrogens with zero attached hydrogens (tertiary/aromatic N) is 2. The van der Waals surface area contributed by atoms with Crippen molar-refractivity contribution in [2.45, 2.75) is 6.92 Å². The Morgan fingerprint density at radius 2 is 1.71 bits per heavy atom. The number of hydrogen-bond donors (Lipinski definition) is 2. The number of hydrogen-bond acceptors (Lipinski definition) is 5. The van der Waals surface area contributed by atoms with Crippen LogP contribution in [0.3, 0.4) is 0 Å². The summed E-state index contributed by atoms with van der Waals surface area (Å²) in [5.74, 6) is 0.761. The Bertz CT molecular complexity index is 894. The van der Waals surface area contributed by atoms with Gasteiger partial charge in [0.2, 0.25) is 5.95 Å². The fourth-order valence-electron chi connectivity index (χ4n) is 2.62. The van der Waals surface area contributed by atoms with Crippen molar-refractivity contribution < 1.29 is 9.13 Å². The van der Waals surface area contributed by atoms with Gasteiger partial charge in [0, 0.05) is 17.3 Å². The van der Waals surface area contributed by atoms with Crippen LogP contribution in [-0.4, -0.2) is 17.1 Å². The number of aryl methyl sites for hydroxylation is 1. The van der Waals surface area contributed by atoms with Gasteiger partial charge >= 0.3 is 0 Å². The molecule has 3 aromatic rings. The van der Waals surface area contributed by atoms with E-state index in [1.165, 1.54) is 12.1 Å². The van der Waals surface area contributed by atoms with Gasteiger partial charge in [0.25, 0.3) is 0 Å². The van der Waals surface area contributed by atoms with Gasteiger partial charge in [-0.1, -0.05) is 12.1 Å². The topological polar surface area (TPSA) is 87.0 Å². The molecule has 0 atom stereocenters. The van der Waals surface area contributed by atoms with Crippen LogP contribution in [0.1, 0.15) is 5.56 Å². The van der Waals surface area contributed by atoms with Crippen LogP contribution in [0.25, 0.3) is 22.3 Å². The maximum atomic E-state index is 13.1. The molecule has 0 bridgehead atoms. The molecule has 2 aromatic carbocycles. The average Bonchev–Trinajstić information content (AvgIpc) is 2.56. The Labute approximate surface area is 139 Å². The number of rotatable bonds is 3. The SMILES string of the molecule is COc1cc(-c2ccc(F)cc2)c(C)cc1-c1cnc(N)nc1N. The minimum absolute atomic E-state index is 0.120. The molecule has 6 heteroatoms. The minimum Gasteiger partial charge on any atom is -0.496 e. The quantitative estimate of drug-likeness (QED) is 0.770. The Kier molecular flexibility index (Phi) is 4.04.